The average molecular weight is 208 g/mol. The van der Waals surface area contributed by atoms with Gasteiger partial charge in [0, 0.05) is 5.92 Å². The summed E-state index contributed by atoms with van der Waals surface area (Å²) in [6.45, 7) is 2.03. The van der Waals surface area contributed by atoms with E-state index in [1.807, 2.05) is 19.1 Å². The largest absolute Gasteiger partial charge is 0.481 e. The van der Waals surface area contributed by atoms with Crippen LogP contribution in [0.1, 0.15) is 26.2 Å². The van der Waals surface area contributed by atoms with Crippen molar-refractivity contribution in [3.63, 3.8) is 0 Å². The SMILES string of the molecule is CC/C=C\C[C@@H]1C(=O)C=C[C@H]1CC(=O)O. The monoisotopic (exact) mass is 208 g/mol. The Balaban J connectivity index is 2.55. The van der Waals surface area contributed by atoms with Crippen LogP contribution in [0.15, 0.2) is 24.3 Å². The van der Waals surface area contributed by atoms with Gasteiger partial charge in [-0.25, -0.2) is 0 Å². The van der Waals surface area contributed by atoms with Crippen molar-refractivity contribution in [1.82, 2.24) is 0 Å². The maximum Gasteiger partial charge on any atom is 0.303 e. The number of allylic oxidation sites excluding steroid dienone is 4. The van der Waals surface area contributed by atoms with E-state index in [1.54, 1.807) is 6.08 Å². The van der Waals surface area contributed by atoms with E-state index in [2.05, 4.69) is 0 Å². The van der Waals surface area contributed by atoms with E-state index in [4.69, 9.17) is 5.11 Å². The zero-order valence-corrected chi connectivity index (χ0v) is 8.85. The lowest BCUT2D eigenvalue weighted by Crippen LogP contribution is -2.18. The van der Waals surface area contributed by atoms with Crippen molar-refractivity contribution >= 4 is 11.8 Å². The molecule has 0 radical (unpaired) electrons. The fraction of sp³-hybridized carbons (Fsp3) is 0.500. The molecule has 1 aliphatic rings. The average Bonchev–Trinajstić information content (AvgIpc) is 2.49. The van der Waals surface area contributed by atoms with Crippen molar-refractivity contribution in [3.8, 4) is 0 Å². The van der Waals surface area contributed by atoms with Gasteiger partial charge >= 0.3 is 5.97 Å². The molecule has 0 unspecified atom stereocenters. The van der Waals surface area contributed by atoms with Crippen molar-refractivity contribution in [2.24, 2.45) is 11.8 Å². The highest BCUT2D eigenvalue weighted by Crippen LogP contribution is 2.28. The Morgan fingerprint density at radius 1 is 1.53 bits per heavy atom. The Labute approximate surface area is 89.5 Å². The predicted octanol–water partition coefficient (Wildman–Crippen LogP) is 2.19. The number of hydrogen-bond acceptors (Lipinski definition) is 2. The summed E-state index contributed by atoms with van der Waals surface area (Å²) in [6, 6.07) is 0. The van der Waals surface area contributed by atoms with Gasteiger partial charge in [-0.3, -0.25) is 9.59 Å². The van der Waals surface area contributed by atoms with Gasteiger partial charge in [0.15, 0.2) is 5.78 Å². The molecule has 0 aromatic heterocycles. The topological polar surface area (TPSA) is 54.4 Å². The highest BCUT2D eigenvalue weighted by molar-refractivity contribution is 5.95. The molecule has 0 spiro atoms. The molecule has 3 heteroatoms. The second-order valence-electron chi connectivity index (χ2n) is 3.75. The second kappa shape index (κ2) is 5.49. The Bertz CT molecular complexity index is 302. The highest BCUT2D eigenvalue weighted by Gasteiger charge is 2.30. The van der Waals surface area contributed by atoms with Crippen LogP contribution in [0.25, 0.3) is 0 Å². The molecule has 3 nitrogen and oxygen atoms in total. The number of carboxylic acid groups (broad SMARTS) is 1. The molecule has 0 amide bonds. The number of carbonyl (C=O) groups is 2. The summed E-state index contributed by atoms with van der Waals surface area (Å²) in [4.78, 5) is 22.0. The minimum Gasteiger partial charge on any atom is -0.481 e. The van der Waals surface area contributed by atoms with Gasteiger partial charge in [-0.15, -0.1) is 0 Å². The zero-order valence-electron chi connectivity index (χ0n) is 8.85. The molecule has 1 aliphatic carbocycles. The summed E-state index contributed by atoms with van der Waals surface area (Å²) in [6.07, 6.45) is 8.84. The number of aliphatic carboxylic acids is 1. The second-order valence-corrected chi connectivity index (χ2v) is 3.75. The summed E-state index contributed by atoms with van der Waals surface area (Å²) in [5.41, 5.74) is 0. The molecule has 2 atom stereocenters. The lowest BCUT2D eigenvalue weighted by Gasteiger charge is -2.13. The Kier molecular flexibility index (Phi) is 4.28. The molecular weight excluding hydrogens is 192 g/mol. The summed E-state index contributed by atoms with van der Waals surface area (Å²) in [7, 11) is 0. The van der Waals surface area contributed by atoms with Gasteiger partial charge in [0.05, 0.1) is 6.42 Å². The minimum absolute atomic E-state index is 0.0485. The number of ketones is 1. The molecule has 0 bridgehead atoms. The molecule has 0 saturated carbocycles. The molecule has 0 aliphatic heterocycles. The van der Waals surface area contributed by atoms with E-state index < -0.39 is 5.97 Å². The third-order valence-corrected chi connectivity index (χ3v) is 2.59. The van der Waals surface area contributed by atoms with Crippen molar-refractivity contribution in [3.05, 3.63) is 24.3 Å². The third kappa shape index (κ3) is 3.35. The molecule has 1 N–H and O–H groups in total. The molecule has 15 heavy (non-hydrogen) atoms. The first-order valence-corrected chi connectivity index (χ1v) is 5.24. The van der Waals surface area contributed by atoms with Crippen LogP contribution in [0, 0.1) is 11.8 Å². The van der Waals surface area contributed by atoms with Crippen molar-refractivity contribution in [2.45, 2.75) is 26.2 Å². The van der Waals surface area contributed by atoms with Crippen LogP contribution in [0.5, 0.6) is 0 Å². The van der Waals surface area contributed by atoms with Crippen molar-refractivity contribution < 1.29 is 14.7 Å². The van der Waals surface area contributed by atoms with E-state index >= 15 is 0 Å². The first kappa shape index (κ1) is 11.7. The van der Waals surface area contributed by atoms with Gasteiger partial charge in [0.25, 0.3) is 0 Å². The van der Waals surface area contributed by atoms with Gasteiger partial charge in [-0.05, 0) is 24.8 Å². The molecular formula is C12H16O3. The molecule has 82 valence electrons. The van der Waals surface area contributed by atoms with Crippen LogP contribution >= 0.6 is 0 Å². The van der Waals surface area contributed by atoms with Crippen LogP contribution < -0.4 is 0 Å². The van der Waals surface area contributed by atoms with Crippen LogP contribution in [0.4, 0.5) is 0 Å². The maximum atomic E-state index is 11.4. The molecule has 0 saturated heterocycles. The van der Waals surface area contributed by atoms with E-state index in [9.17, 15) is 9.59 Å². The smallest absolute Gasteiger partial charge is 0.303 e. The van der Waals surface area contributed by atoms with Gasteiger partial charge < -0.3 is 5.11 Å². The minimum atomic E-state index is -0.844. The van der Waals surface area contributed by atoms with E-state index in [1.165, 1.54) is 6.08 Å². The first-order chi connectivity index (χ1) is 7.15. The van der Waals surface area contributed by atoms with Gasteiger partial charge in [0.1, 0.15) is 0 Å². The predicted molar refractivity (Wildman–Crippen MR) is 57.4 cm³/mol. The molecule has 0 aromatic rings. The summed E-state index contributed by atoms with van der Waals surface area (Å²) >= 11 is 0. The van der Waals surface area contributed by atoms with Gasteiger partial charge in [-0.2, -0.15) is 0 Å². The van der Waals surface area contributed by atoms with Crippen LogP contribution in [0.3, 0.4) is 0 Å². The molecule has 0 aromatic carbocycles. The van der Waals surface area contributed by atoms with Crippen LogP contribution in [-0.2, 0) is 9.59 Å². The molecule has 0 heterocycles. The van der Waals surface area contributed by atoms with E-state index in [0.29, 0.717) is 6.42 Å². The fourth-order valence-corrected chi connectivity index (χ4v) is 1.80. The van der Waals surface area contributed by atoms with Crippen molar-refractivity contribution in [1.29, 1.82) is 0 Å². The normalized spacial score (nSPS) is 25.3. The highest BCUT2D eigenvalue weighted by atomic mass is 16.4. The number of rotatable bonds is 5. The number of carbonyl (C=O) groups excluding carboxylic acids is 1. The standard InChI is InChI=1S/C12H16O3/c1-2-3-4-5-10-9(8-12(14)15)6-7-11(10)13/h3-4,6-7,9-10H,2,5,8H2,1H3,(H,14,15)/b4-3-/t9-,10-/m0/s1. The number of carboxylic acids is 1. The summed E-state index contributed by atoms with van der Waals surface area (Å²) in [5.74, 6) is -1.08. The Hall–Kier alpha value is -1.38. The van der Waals surface area contributed by atoms with Gasteiger partial charge in [-0.1, -0.05) is 25.2 Å². The van der Waals surface area contributed by atoms with Gasteiger partial charge in [0.2, 0.25) is 0 Å². The zero-order chi connectivity index (χ0) is 11.3. The van der Waals surface area contributed by atoms with Crippen molar-refractivity contribution in [2.75, 3.05) is 0 Å². The van der Waals surface area contributed by atoms with E-state index in [-0.39, 0.29) is 24.0 Å². The van der Waals surface area contributed by atoms with E-state index in [0.717, 1.165) is 6.42 Å². The summed E-state index contributed by atoms with van der Waals surface area (Å²) < 4.78 is 0. The molecule has 0 fully saturated rings. The summed E-state index contributed by atoms with van der Waals surface area (Å²) in [5, 5.41) is 8.69. The quantitative estimate of drug-likeness (QED) is 0.704. The van der Waals surface area contributed by atoms with Crippen LogP contribution in [0.2, 0.25) is 0 Å². The Morgan fingerprint density at radius 2 is 2.27 bits per heavy atom. The lowest BCUT2D eigenvalue weighted by atomic mass is 9.89. The third-order valence-electron chi connectivity index (χ3n) is 2.59. The lowest BCUT2D eigenvalue weighted by molar-refractivity contribution is -0.138. The van der Waals surface area contributed by atoms with Crippen LogP contribution in [-0.4, -0.2) is 16.9 Å². The maximum absolute atomic E-state index is 11.4. The number of hydrogen-bond donors (Lipinski definition) is 1. The fourth-order valence-electron chi connectivity index (χ4n) is 1.80. The molecule has 1 rings (SSSR count). The Morgan fingerprint density at radius 3 is 2.87 bits per heavy atom. The first-order valence-electron chi connectivity index (χ1n) is 5.24.